The summed E-state index contributed by atoms with van der Waals surface area (Å²) in [5, 5.41) is 10.9. The van der Waals surface area contributed by atoms with Crippen LogP contribution in [0.3, 0.4) is 0 Å². The van der Waals surface area contributed by atoms with Crippen LogP contribution in [0.4, 0.5) is 20.6 Å². The molecule has 0 aliphatic carbocycles. The van der Waals surface area contributed by atoms with E-state index in [0.717, 1.165) is 5.75 Å². The molecule has 1 aromatic rings. The van der Waals surface area contributed by atoms with Crippen LogP contribution in [0.2, 0.25) is 0 Å². The summed E-state index contributed by atoms with van der Waals surface area (Å²) in [6, 6.07) is 4.59. The van der Waals surface area contributed by atoms with Gasteiger partial charge in [0.2, 0.25) is 0 Å². The molecule has 0 saturated carbocycles. The first-order chi connectivity index (χ1) is 10.7. The van der Waals surface area contributed by atoms with Gasteiger partial charge in [-0.05, 0) is 23.6 Å². The predicted octanol–water partition coefficient (Wildman–Crippen LogP) is 2.68. The molecule has 0 aromatic heterocycles. The normalized spacial score (nSPS) is 21.2. The van der Waals surface area contributed by atoms with Crippen LogP contribution in [-0.4, -0.2) is 36.2 Å². The van der Waals surface area contributed by atoms with Crippen LogP contribution < -0.4 is 9.80 Å². The molecule has 0 radical (unpaired) electrons. The summed E-state index contributed by atoms with van der Waals surface area (Å²) in [5.74, 6) is 0.411. The fourth-order valence-electron chi connectivity index (χ4n) is 2.29. The van der Waals surface area contributed by atoms with Gasteiger partial charge in [0.15, 0.2) is 0 Å². The van der Waals surface area contributed by atoms with Crippen LogP contribution in [-0.2, 0) is 4.74 Å². The van der Waals surface area contributed by atoms with Gasteiger partial charge >= 0.3 is 6.09 Å². The van der Waals surface area contributed by atoms with Crippen LogP contribution in [0.25, 0.3) is 0 Å². The zero-order valence-corrected chi connectivity index (χ0v) is 12.5. The number of amides is 1. The summed E-state index contributed by atoms with van der Waals surface area (Å²) in [5.41, 5.74) is 0.823. The Balaban J connectivity index is 1.85. The van der Waals surface area contributed by atoms with Gasteiger partial charge in [0.25, 0.3) is 0 Å². The summed E-state index contributed by atoms with van der Waals surface area (Å²) < 4.78 is 19.3. The third kappa shape index (κ3) is 2.95. The number of carbonyl (C=O) groups excluding carboxylic acids is 1. The van der Waals surface area contributed by atoms with Crippen molar-refractivity contribution in [3.05, 3.63) is 47.9 Å². The molecule has 1 amide bonds. The number of benzene rings is 1. The van der Waals surface area contributed by atoms with Crippen molar-refractivity contribution >= 4 is 29.2 Å². The molecule has 1 fully saturated rings. The summed E-state index contributed by atoms with van der Waals surface area (Å²) in [6.45, 7) is -0.0296. The lowest BCUT2D eigenvalue weighted by atomic mass is 10.2. The lowest BCUT2D eigenvalue weighted by molar-refractivity contribution is 0.0963. The number of aliphatic hydroxyl groups is 1. The Morgan fingerprint density at radius 2 is 2.27 bits per heavy atom. The van der Waals surface area contributed by atoms with E-state index in [1.807, 2.05) is 11.5 Å². The lowest BCUT2D eigenvalue weighted by Crippen LogP contribution is -2.25. The number of aliphatic hydroxyl groups excluding tert-OH is 1. The summed E-state index contributed by atoms with van der Waals surface area (Å²) in [7, 11) is 0. The largest absolute Gasteiger partial charge is 0.441 e. The highest BCUT2D eigenvalue weighted by Gasteiger charge is 2.32. The van der Waals surface area contributed by atoms with Gasteiger partial charge in [0.1, 0.15) is 11.9 Å². The predicted molar refractivity (Wildman–Crippen MR) is 84.3 cm³/mol. The van der Waals surface area contributed by atoms with Crippen molar-refractivity contribution in [3.8, 4) is 0 Å². The second kappa shape index (κ2) is 6.41. The average molecular weight is 322 g/mol. The van der Waals surface area contributed by atoms with E-state index in [0.29, 0.717) is 11.4 Å². The van der Waals surface area contributed by atoms with Gasteiger partial charge in [0, 0.05) is 18.2 Å². The van der Waals surface area contributed by atoms with Crippen molar-refractivity contribution in [2.24, 2.45) is 0 Å². The maximum atomic E-state index is 14.4. The van der Waals surface area contributed by atoms with E-state index < -0.39 is 18.0 Å². The zero-order valence-electron chi connectivity index (χ0n) is 11.7. The minimum Gasteiger partial charge on any atom is -0.441 e. The van der Waals surface area contributed by atoms with E-state index in [1.54, 1.807) is 41.2 Å². The SMILES string of the molecule is O=C1O[C@@H](CO)CN1c1ccc(N2C=CCSC=C2)c(F)c1. The van der Waals surface area contributed by atoms with Gasteiger partial charge in [0.05, 0.1) is 24.5 Å². The number of thioether (sulfide) groups is 1. The van der Waals surface area contributed by atoms with Crippen molar-refractivity contribution in [1.82, 2.24) is 0 Å². The number of cyclic esters (lactones) is 1. The monoisotopic (exact) mass is 322 g/mol. The minimum atomic E-state index is -0.572. The second-order valence-electron chi connectivity index (χ2n) is 4.85. The van der Waals surface area contributed by atoms with Crippen molar-refractivity contribution in [3.63, 3.8) is 0 Å². The van der Waals surface area contributed by atoms with Crippen molar-refractivity contribution < 1.29 is 19.0 Å². The van der Waals surface area contributed by atoms with E-state index in [9.17, 15) is 9.18 Å². The molecule has 0 spiro atoms. The molecule has 2 heterocycles. The summed E-state index contributed by atoms with van der Waals surface area (Å²) >= 11 is 1.62. The Bertz CT molecular complexity index is 621. The van der Waals surface area contributed by atoms with Crippen LogP contribution in [0.5, 0.6) is 0 Å². The van der Waals surface area contributed by atoms with Gasteiger partial charge in [-0.3, -0.25) is 4.90 Å². The van der Waals surface area contributed by atoms with E-state index in [-0.39, 0.29) is 13.2 Å². The number of hydrogen-bond donors (Lipinski definition) is 1. The topological polar surface area (TPSA) is 53.0 Å². The first-order valence-corrected chi connectivity index (χ1v) is 7.86. The highest BCUT2D eigenvalue weighted by molar-refractivity contribution is 8.02. The fourth-order valence-corrected chi connectivity index (χ4v) is 2.81. The number of ether oxygens (including phenoxy) is 1. The number of halogens is 1. The second-order valence-corrected chi connectivity index (χ2v) is 5.78. The summed E-state index contributed by atoms with van der Waals surface area (Å²) in [6.07, 6.45) is 4.40. The molecular formula is C15H15FN2O3S. The molecule has 2 aliphatic heterocycles. The average Bonchev–Trinajstić information content (AvgIpc) is 2.73. The number of nitrogens with zero attached hydrogens (tertiary/aromatic N) is 2. The van der Waals surface area contributed by atoms with Crippen molar-refractivity contribution in [2.75, 3.05) is 28.7 Å². The Kier molecular flexibility index (Phi) is 4.35. The Labute approximate surface area is 131 Å². The first kappa shape index (κ1) is 14.9. The molecule has 1 atom stereocenters. The Hall–Kier alpha value is -1.99. The number of anilines is 2. The van der Waals surface area contributed by atoms with Gasteiger partial charge < -0.3 is 14.7 Å². The number of rotatable bonds is 3. The molecule has 116 valence electrons. The highest BCUT2D eigenvalue weighted by Crippen LogP contribution is 2.29. The smallest absolute Gasteiger partial charge is 0.414 e. The van der Waals surface area contributed by atoms with Gasteiger partial charge in [-0.15, -0.1) is 11.8 Å². The molecule has 3 rings (SSSR count). The molecule has 0 unspecified atom stereocenters. The third-order valence-corrected chi connectivity index (χ3v) is 4.07. The lowest BCUT2D eigenvalue weighted by Gasteiger charge is -2.18. The molecule has 22 heavy (non-hydrogen) atoms. The Morgan fingerprint density at radius 1 is 1.41 bits per heavy atom. The van der Waals surface area contributed by atoms with E-state index in [2.05, 4.69) is 0 Å². The van der Waals surface area contributed by atoms with Crippen LogP contribution >= 0.6 is 11.8 Å². The fraction of sp³-hybridized carbons (Fsp3) is 0.267. The van der Waals surface area contributed by atoms with Crippen LogP contribution in [0.15, 0.2) is 42.1 Å². The Morgan fingerprint density at radius 3 is 3.00 bits per heavy atom. The van der Waals surface area contributed by atoms with Crippen LogP contribution in [0, 0.1) is 5.82 Å². The van der Waals surface area contributed by atoms with E-state index in [1.165, 1.54) is 11.0 Å². The number of carbonyl (C=O) groups is 1. The molecule has 1 N–H and O–H groups in total. The molecule has 1 aromatic carbocycles. The standard InChI is InChI=1S/C15H15FN2O3S/c16-13-8-11(18-9-12(10-19)21-15(18)20)2-3-14(13)17-4-1-6-22-7-5-17/h1-5,7-8,12,19H,6,9-10H2/t12-/m1/s1. The maximum absolute atomic E-state index is 14.4. The third-order valence-electron chi connectivity index (χ3n) is 3.37. The van der Waals surface area contributed by atoms with Gasteiger partial charge in [-0.25, -0.2) is 9.18 Å². The molecule has 2 aliphatic rings. The number of hydrogen-bond acceptors (Lipinski definition) is 5. The van der Waals surface area contributed by atoms with Gasteiger partial charge in [-0.1, -0.05) is 6.08 Å². The van der Waals surface area contributed by atoms with E-state index >= 15 is 0 Å². The van der Waals surface area contributed by atoms with Crippen molar-refractivity contribution in [1.29, 1.82) is 0 Å². The maximum Gasteiger partial charge on any atom is 0.414 e. The van der Waals surface area contributed by atoms with E-state index in [4.69, 9.17) is 9.84 Å². The van der Waals surface area contributed by atoms with Crippen LogP contribution in [0.1, 0.15) is 0 Å². The highest BCUT2D eigenvalue weighted by atomic mass is 32.2. The molecular weight excluding hydrogens is 307 g/mol. The molecule has 0 bridgehead atoms. The molecule has 1 saturated heterocycles. The van der Waals surface area contributed by atoms with Crippen molar-refractivity contribution in [2.45, 2.75) is 6.10 Å². The minimum absolute atomic E-state index is 0.217. The molecule has 7 heteroatoms. The quantitative estimate of drug-likeness (QED) is 0.927. The summed E-state index contributed by atoms with van der Waals surface area (Å²) in [4.78, 5) is 14.7. The molecule has 5 nitrogen and oxygen atoms in total. The first-order valence-electron chi connectivity index (χ1n) is 6.81. The zero-order chi connectivity index (χ0) is 15.5. The van der Waals surface area contributed by atoms with Gasteiger partial charge in [-0.2, -0.15) is 0 Å².